The third kappa shape index (κ3) is 2.64. The Balaban J connectivity index is 1.98. The molecular formula is C15H15O3P. The van der Waals surface area contributed by atoms with Crippen LogP contribution in [-0.2, 0) is 14.0 Å². The zero-order valence-corrected chi connectivity index (χ0v) is 11.4. The number of rotatable bonds is 3. The van der Waals surface area contributed by atoms with Gasteiger partial charge in [-0.2, -0.15) is 0 Å². The minimum Gasteiger partial charge on any atom is -0.346 e. The Morgan fingerprint density at radius 3 is 2.26 bits per heavy atom. The quantitative estimate of drug-likeness (QED) is 0.805. The summed E-state index contributed by atoms with van der Waals surface area (Å²) in [7, 11) is -2.02. The standard InChI is InChI=1S/C15H15O3P/c16-19(12-6-2-1-3-7-12)14-9-5-4-8-13(14)15-17-10-11-18-15/h1-9,15,19H,10-11H2. The molecule has 0 spiro atoms. The average Bonchev–Trinajstić information content (AvgIpc) is 3.01. The van der Waals surface area contributed by atoms with Crippen molar-refractivity contribution in [1.82, 2.24) is 0 Å². The summed E-state index contributed by atoms with van der Waals surface area (Å²) in [6, 6.07) is 17.2. The van der Waals surface area contributed by atoms with Crippen molar-refractivity contribution in [3.8, 4) is 0 Å². The summed E-state index contributed by atoms with van der Waals surface area (Å²) in [4.78, 5) is 0. The average molecular weight is 274 g/mol. The molecule has 19 heavy (non-hydrogen) atoms. The first-order valence-electron chi connectivity index (χ1n) is 6.28. The fourth-order valence-electron chi connectivity index (χ4n) is 2.19. The van der Waals surface area contributed by atoms with Gasteiger partial charge < -0.3 is 14.0 Å². The highest BCUT2D eigenvalue weighted by Gasteiger charge is 2.23. The van der Waals surface area contributed by atoms with Crippen LogP contribution in [0.15, 0.2) is 54.6 Å². The summed E-state index contributed by atoms with van der Waals surface area (Å²) in [5.41, 5.74) is 0.882. The molecular weight excluding hydrogens is 259 g/mol. The molecule has 0 aliphatic carbocycles. The van der Waals surface area contributed by atoms with E-state index in [0.29, 0.717) is 13.2 Å². The molecule has 1 atom stereocenters. The van der Waals surface area contributed by atoms with Gasteiger partial charge in [-0.15, -0.1) is 0 Å². The molecule has 2 aromatic carbocycles. The lowest BCUT2D eigenvalue weighted by Crippen LogP contribution is -2.15. The molecule has 3 nitrogen and oxygen atoms in total. The molecule has 4 heteroatoms. The summed E-state index contributed by atoms with van der Waals surface area (Å²) >= 11 is 0. The number of hydrogen-bond donors (Lipinski definition) is 0. The molecule has 0 amide bonds. The molecule has 0 radical (unpaired) electrons. The molecule has 1 aliphatic rings. The van der Waals surface area contributed by atoms with Gasteiger partial charge in [-0.05, 0) is 0 Å². The Hall–Kier alpha value is -1.41. The van der Waals surface area contributed by atoms with E-state index < -0.39 is 7.80 Å². The maximum atomic E-state index is 12.7. The Morgan fingerprint density at radius 1 is 0.895 bits per heavy atom. The largest absolute Gasteiger partial charge is 0.346 e. The molecule has 1 unspecified atom stereocenters. The maximum absolute atomic E-state index is 12.7. The van der Waals surface area contributed by atoms with Gasteiger partial charge in [0.2, 0.25) is 0 Å². The van der Waals surface area contributed by atoms with Crippen LogP contribution in [0, 0.1) is 0 Å². The highest BCUT2D eigenvalue weighted by Crippen LogP contribution is 2.28. The lowest BCUT2D eigenvalue weighted by Gasteiger charge is -2.14. The topological polar surface area (TPSA) is 35.5 Å². The summed E-state index contributed by atoms with van der Waals surface area (Å²) in [6.45, 7) is 1.18. The molecule has 2 aromatic rings. The van der Waals surface area contributed by atoms with Gasteiger partial charge in [-0.25, -0.2) is 0 Å². The van der Waals surface area contributed by atoms with Crippen LogP contribution in [0.3, 0.4) is 0 Å². The molecule has 0 bridgehead atoms. The second kappa shape index (κ2) is 5.70. The van der Waals surface area contributed by atoms with Crippen molar-refractivity contribution in [2.24, 2.45) is 0 Å². The molecule has 0 N–H and O–H groups in total. The predicted molar refractivity (Wildman–Crippen MR) is 75.8 cm³/mol. The van der Waals surface area contributed by atoms with Crippen molar-refractivity contribution < 1.29 is 14.0 Å². The van der Waals surface area contributed by atoms with E-state index in [1.54, 1.807) is 0 Å². The van der Waals surface area contributed by atoms with Gasteiger partial charge in [0.25, 0.3) is 0 Å². The van der Waals surface area contributed by atoms with Gasteiger partial charge in [0.15, 0.2) is 6.29 Å². The van der Waals surface area contributed by atoms with Crippen LogP contribution in [0.1, 0.15) is 11.9 Å². The second-order valence-corrected chi connectivity index (χ2v) is 6.13. The molecule has 3 rings (SSSR count). The Morgan fingerprint density at radius 2 is 1.53 bits per heavy atom. The molecule has 0 saturated carbocycles. The molecule has 98 valence electrons. The fourth-order valence-corrected chi connectivity index (χ4v) is 3.71. The van der Waals surface area contributed by atoms with Gasteiger partial charge in [-0.3, -0.25) is 0 Å². The summed E-state index contributed by atoms with van der Waals surface area (Å²) in [5, 5.41) is 1.68. The zero-order valence-electron chi connectivity index (χ0n) is 10.4. The van der Waals surface area contributed by atoms with Crippen LogP contribution < -0.4 is 10.6 Å². The normalized spacial score (nSPS) is 17.5. The van der Waals surface area contributed by atoms with E-state index in [1.165, 1.54) is 0 Å². The van der Waals surface area contributed by atoms with E-state index in [1.807, 2.05) is 54.6 Å². The predicted octanol–water partition coefficient (Wildman–Crippen LogP) is 2.24. The minimum absolute atomic E-state index is 0.381. The zero-order chi connectivity index (χ0) is 13.1. The van der Waals surface area contributed by atoms with Crippen molar-refractivity contribution in [3.05, 3.63) is 60.2 Å². The minimum atomic E-state index is -2.02. The van der Waals surface area contributed by atoms with Crippen molar-refractivity contribution in [3.63, 3.8) is 0 Å². The molecule has 1 aliphatic heterocycles. The van der Waals surface area contributed by atoms with E-state index in [4.69, 9.17) is 9.47 Å². The van der Waals surface area contributed by atoms with E-state index >= 15 is 0 Å². The molecule has 0 aromatic heterocycles. The summed E-state index contributed by atoms with van der Waals surface area (Å²) in [6.07, 6.45) is -0.381. The Bertz CT molecular complexity index is 577. The first-order valence-corrected chi connectivity index (χ1v) is 7.69. The van der Waals surface area contributed by atoms with Gasteiger partial charge >= 0.3 is 0 Å². The van der Waals surface area contributed by atoms with Crippen molar-refractivity contribution >= 4 is 18.4 Å². The van der Waals surface area contributed by atoms with Crippen molar-refractivity contribution in [1.29, 1.82) is 0 Å². The van der Waals surface area contributed by atoms with E-state index in [-0.39, 0.29) is 6.29 Å². The van der Waals surface area contributed by atoms with Crippen molar-refractivity contribution in [2.45, 2.75) is 6.29 Å². The number of hydrogen-bond acceptors (Lipinski definition) is 3. The third-order valence-electron chi connectivity index (χ3n) is 3.12. The lowest BCUT2D eigenvalue weighted by molar-refractivity contribution is -0.0433. The van der Waals surface area contributed by atoms with E-state index in [2.05, 4.69) is 0 Å². The highest BCUT2D eigenvalue weighted by molar-refractivity contribution is 7.61. The monoisotopic (exact) mass is 274 g/mol. The number of ether oxygens (including phenoxy) is 2. The fraction of sp³-hybridized carbons (Fsp3) is 0.200. The first-order chi connectivity index (χ1) is 9.36. The Labute approximate surface area is 113 Å². The SMILES string of the molecule is O=[PH](c1ccccc1)c1ccccc1C1OCCO1. The summed E-state index contributed by atoms with van der Waals surface area (Å²) in [5.74, 6) is 0. The third-order valence-corrected chi connectivity index (χ3v) is 4.92. The van der Waals surface area contributed by atoms with E-state index in [9.17, 15) is 4.57 Å². The van der Waals surface area contributed by atoms with Crippen LogP contribution in [0.5, 0.6) is 0 Å². The highest BCUT2D eigenvalue weighted by atomic mass is 31.1. The van der Waals surface area contributed by atoms with Gasteiger partial charge in [-0.1, -0.05) is 54.6 Å². The van der Waals surface area contributed by atoms with Gasteiger partial charge in [0, 0.05) is 16.2 Å². The van der Waals surface area contributed by atoms with Crippen LogP contribution in [0.25, 0.3) is 0 Å². The Kier molecular flexibility index (Phi) is 3.79. The first kappa shape index (κ1) is 12.6. The van der Waals surface area contributed by atoms with Crippen molar-refractivity contribution in [2.75, 3.05) is 13.2 Å². The van der Waals surface area contributed by atoms with E-state index in [0.717, 1.165) is 16.2 Å². The molecule has 1 heterocycles. The molecule has 1 saturated heterocycles. The van der Waals surface area contributed by atoms with Crippen LogP contribution in [-0.4, -0.2) is 13.2 Å². The van der Waals surface area contributed by atoms with Crippen LogP contribution in [0.4, 0.5) is 0 Å². The van der Waals surface area contributed by atoms with Gasteiger partial charge in [0.05, 0.1) is 13.2 Å². The lowest BCUT2D eigenvalue weighted by atomic mass is 10.2. The van der Waals surface area contributed by atoms with Crippen LogP contribution in [0.2, 0.25) is 0 Å². The maximum Gasteiger partial charge on any atom is 0.184 e. The number of benzene rings is 2. The molecule has 1 fully saturated rings. The van der Waals surface area contributed by atoms with Gasteiger partial charge in [0.1, 0.15) is 7.80 Å². The summed E-state index contributed by atoms with van der Waals surface area (Å²) < 4.78 is 23.7. The van der Waals surface area contributed by atoms with Crippen LogP contribution >= 0.6 is 7.80 Å². The second-order valence-electron chi connectivity index (χ2n) is 4.36. The smallest absolute Gasteiger partial charge is 0.184 e.